The lowest BCUT2D eigenvalue weighted by atomic mass is 9.98. The molecular formula is C21H34N4O4. The van der Waals surface area contributed by atoms with Crippen molar-refractivity contribution in [1.29, 1.82) is 0 Å². The Morgan fingerprint density at radius 1 is 1.03 bits per heavy atom. The first-order valence-corrected chi connectivity index (χ1v) is 10.1. The number of nitrogens with one attached hydrogen (secondary N) is 2. The zero-order chi connectivity index (χ0) is 21.8. The molecule has 0 aliphatic rings. The minimum Gasteiger partial charge on any atom is -0.480 e. The van der Waals surface area contributed by atoms with Crippen LogP contribution in [0.15, 0.2) is 30.3 Å². The van der Waals surface area contributed by atoms with E-state index in [-0.39, 0.29) is 18.8 Å². The third-order valence-corrected chi connectivity index (χ3v) is 5.04. The molecule has 1 aromatic rings. The molecule has 1 rings (SSSR count). The zero-order valence-corrected chi connectivity index (χ0v) is 17.3. The van der Waals surface area contributed by atoms with Crippen LogP contribution in [0, 0.1) is 5.92 Å². The van der Waals surface area contributed by atoms with Crippen LogP contribution in [-0.4, -0.2) is 47.6 Å². The summed E-state index contributed by atoms with van der Waals surface area (Å²) in [7, 11) is 0. The van der Waals surface area contributed by atoms with Crippen LogP contribution in [0.1, 0.15) is 45.1 Å². The fourth-order valence-corrected chi connectivity index (χ4v) is 2.86. The van der Waals surface area contributed by atoms with E-state index in [9.17, 15) is 19.5 Å². The van der Waals surface area contributed by atoms with Crippen molar-refractivity contribution in [2.75, 3.05) is 6.54 Å². The number of carboxylic acid groups (broad SMARTS) is 1. The highest BCUT2D eigenvalue weighted by atomic mass is 16.4. The molecule has 0 unspecified atom stereocenters. The molecule has 0 spiro atoms. The van der Waals surface area contributed by atoms with Gasteiger partial charge in [0.2, 0.25) is 11.8 Å². The molecule has 0 saturated carbocycles. The maximum Gasteiger partial charge on any atom is 0.326 e. The Morgan fingerprint density at radius 2 is 1.66 bits per heavy atom. The summed E-state index contributed by atoms with van der Waals surface area (Å²) in [5.41, 5.74) is 12.3. The largest absolute Gasteiger partial charge is 0.480 e. The predicted octanol–water partition coefficient (Wildman–Crippen LogP) is 0.786. The highest BCUT2D eigenvalue weighted by molar-refractivity contribution is 5.92. The van der Waals surface area contributed by atoms with Gasteiger partial charge < -0.3 is 27.2 Å². The number of nitrogens with two attached hydrogens (primary N) is 2. The molecule has 0 radical (unpaired) electrons. The van der Waals surface area contributed by atoms with E-state index in [1.54, 1.807) is 0 Å². The van der Waals surface area contributed by atoms with Crippen molar-refractivity contribution in [2.45, 2.75) is 64.1 Å². The molecule has 0 aromatic heterocycles. The van der Waals surface area contributed by atoms with Crippen molar-refractivity contribution < 1.29 is 19.5 Å². The number of carbonyl (C=O) groups excluding carboxylic acids is 2. The number of benzene rings is 1. The van der Waals surface area contributed by atoms with Gasteiger partial charge in [0.05, 0.1) is 6.04 Å². The number of amides is 2. The van der Waals surface area contributed by atoms with Crippen LogP contribution in [0.2, 0.25) is 0 Å². The molecule has 0 heterocycles. The summed E-state index contributed by atoms with van der Waals surface area (Å²) < 4.78 is 0. The van der Waals surface area contributed by atoms with Gasteiger partial charge in [-0.1, -0.05) is 50.6 Å². The highest BCUT2D eigenvalue weighted by Crippen LogP contribution is 2.09. The highest BCUT2D eigenvalue weighted by Gasteiger charge is 2.29. The standard InChI is InChI=1S/C21H34N4O4/c1-3-14(2)18(23)20(27)25-17(13-15-9-5-4-6-10-15)19(26)24-16(21(28)29)11-7-8-12-22/h4-6,9-10,14,16-18H,3,7-8,11-13,22-23H2,1-2H3,(H,24,26)(H,25,27)(H,28,29)/t14-,16-,17-,18-/m0/s1. The number of carboxylic acids is 1. The number of hydrogen-bond acceptors (Lipinski definition) is 5. The smallest absolute Gasteiger partial charge is 0.326 e. The van der Waals surface area contributed by atoms with Crippen molar-refractivity contribution in [1.82, 2.24) is 10.6 Å². The molecule has 162 valence electrons. The van der Waals surface area contributed by atoms with Crippen LogP contribution in [0.25, 0.3) is 0 Å². The van der Waals surface area contributed by atoms with Gasteiger partial charge in [-0.15, -0.1) is 0 Å². The molecular weight excluding hydrogens is 372 g/mol. The summed E-state index contributed by atoms with van der Waals surface area (Å²) in [5.74, 6) is -2.13. The third kappa shape index (κ3) is 8.62. The molecule has 0 saturated heterocycles. The molecule has 0 bridgehead atoms. The average molecular weight is 407 g/mol. The first kappa shape index (κ1) is 24.6. The maximum absolute atomic E-state index is 12.8. The zero-order valence-electron chi connectivity index (χ0n) is 17.3. The van der Waals surface area contributed by atoms with Crippen LogP contribution in [-0.2, 0) is 20.8 Å². The van der Waals surface area contributed by atoms with Gasteiger partial charge in [-0.3, -0.25) is 9.59 Å². The van der Waals surface area contributed by atoms with Gasteiger partial charge >= 0.3 is 5.97 Å². The van der Waals surface area contributed by atoms with E-state index >= 15 is 0 Å². The number of unbranched alkanes of at least 4 members (excludes halogenated alkanes) is 1. The van der Waals surface area contributed by atoms with Crippen molar-refractivity contribution >= 4 is 17.8 Å². The first-order chi connectivity index (χ1) is 13.8. The lowest BCUT2D eigenvalue weighted by molar-refractivity contribution is -0.142. The molecule has 8 nitrogen and oxygen atoms in total. The lowest BCUT2D eigenvalue weighted by Gasteiger charge is -2.24. The Labute approximate surface area is 172 Å². The van der Waals surface area contributed by atoms with Crippen molar-refractivity contribution in [2.24, 2.45) is 17.4 Å². The Morgan fingerprint density at radius 3 is 2.21 bits per heavy atom. The third-order valence-electron chi connectivity index (χ3n) is 5.04. The number of aliphatic carboxylic acids is 1. The Hall–Kier alpha value is -2.45. The normalized spacial score (nSPS) is 15.0. The van der Waals surface area contributed by atoms with Crippen molar-refractivity contribution in [3.8, 4) is 0 Å². The van der Waals surface area contributed by atoms with Gasteiger partial charge in [-0.25, -0.2) is 4.79 Å². The summed E-state index contributed by atoms with van der Waals surface area (Å²) >= 11 is 0. The fraction of sp³-hybridized carbons (Fsp3) is 0.571. The molecule has 29 heavy (non-hydrogen) atoms. The van der Waals surface area contributed by atoms with Crippen LogP contribution in [0.3, 0.4) is 0 Å². The van der Waals surface area contributed by atoms with Gasteiger partial charge in [-0.2, -0.15) is 0 Å². The van der Waals surface area contributed by atoms with E-state index in [4.69, 9.17) is 11.5 Å². The van der Waals surface area contributed by atoms with E-state index in [1.165, 1.54) is 0 Å². The number of rotatable bonds is 13. The van der Waals surface area contributed by atoms with Crippen molar-refractivity contribution in [3.63, 3.8) is 0 Å². The number of hydrogen-bond donors (Lipinski definition) is 5. The van der Waals surface area contributed by atoms with Crippen molar-refractivity contribution in [3.05, 3.63) is 35.9 Å². The van der Waals surface area contributed by atoms with E-state index < -0.39 is 35.9 Å². The molecule has 2 amide bonds. The molecule has 7 N–H and O–H groups in total. The Balaban J connectivity index is 2.91. The van der Waals surface area contributed by atoms with Gasteiger partial charge in [0, 0.05) is 6.42 Å². The second kappa shape index (κ2) is 12.9. The van der Waals surface area contributed by atoms with Crippen LogP contribution in [0.4, 0.5) is 0 Å². The van der Waals surface area contributed by atoms with Gasteiger partial charge in [0.25, 0.3) is 0 Å². The monoisotopic (exact) mass is 406 g/mol. The summed E-state index contributed by atoms with van der Waals surface area (Å²) in [6, 6.07) is 6.52. The van der Waals surface area contributed by atoms with E-state index in [2.05, 4.69) is 10.6 Å². The molecule has 8 heteroatoms. The van der Waals surface area contributed by atoms with Crippen LogP contribution >= 0.6 is 0 Å². The van der Waals surface area contributed by atoms with E-state index in [0.29, 0.717) is 19.4 Å². The molecule has 0 aliphatic heterocycles. The molecule has 4 atom stereocenters. The van der Waals surface area contributed by atoms with E-state index in [0.717, 1.165) is 12.0 Å². The Bertz CT molecular complexity index is 653. The minimum absolute atomic E-state index is 0.0431. The fourth-order valence-electron chi connectivity index (χ4n) is 2.86. The van der Waals surface area contributed by atoms with E-state index in [1.807, 2.05) is 44.2 Å². The summed E-state index contributed by atoms with van der Waals surface area (Å²) in [4.78, 5) is 36.9. The SMILES string of the molecule is CC[C@H](C)[C@H](N)C(=O)N[C@@H](Cc1ccccc1)C(=O)N[C@@H](CCCCN)C(=O)O. The molecule has 0 fully saturated rings. The van der Waals surface area contributed by atoms with Gasteiger partial charge in [0.15, 0.2) is 0 Å². The van der Waals surface area contributed by atoms with Crippen LogP contribution in [0.5, 0.6) is 0 Å². The average Bonchev–Trinajstić information content (AvgIpc) is 2.71. The second-order valence-corrected chi connectivity index (χ2v) is 7.35. The quantitative estimate of drug-likeness (QED) is 0.306. The van der Waals surface area contributed by atoms with Gasteiger partial charge in [0.1, 0.15) is 12.1 Å². The molecule has 1 aromatic carbocycles. The summed E-state index contributed by atoms with van der Waals surface area (Å²) in [6.45, 7) is 4.26. The lowest BCUT2D eigenvalue weighted by Crippen LogP contribution is -2.56. The number of carbonyl (C=O) groups is 3. The molecule has 0 aliphatic carbocycles. The predicted molar refractivity (Wildman–Crippen MR) is 112 cm³/mol. The summed E-state index contributed by atoms with van der Waals surface area (Å²) in [5, 5.41) is 14.7. The van der Waals surface area contributed by atoms with Gasteiger partial charge in [-0.05, 0) is 37.3 Å². The Kier molecular flexibility index (Phi) is 10.9. The first-order valence-electron chi connectivity index (χ1n) is 10.1. The maximum atomic E-state index is 12.8. The van der Waals surface area contributed by atoms with Crippen LogP contribution < -0.4 is 22.1 Å². The topological polar surface area (TPSA) is 148 Å². The minimum atomic E-state index is -1.11. The second-order valence-electron chi connectivity index (χ2n) is 7.35. The summed E-state index contributed by atoms with van der Waals surface area (Å²) in [6.07, 6.45) is 2.50.